The third kappa shape index (κ3) is 6.21. The van der Waals surface area contributed by atoms with Crippen molar-refractivity contribution in [1.29, 1.82) is 0 Å². The average molecular weight is 414 g/mol. The molecule has 2 aliphatic heterocycles. The summed E-state index contributed by atoms with van der Waals surface area (Å²) in [5.74, 6) is 3.07. The Kier molecular flexibility index (Phi) is 9.01. The van der Waals surface area contributed by atoms with Gasteiger partial charge in [-0.15, -0.1) is 0 Å². The molecule has 0 spiro atoms. The molecule has 0 aliphatic carbocycles. The van der Waals surface area contributed by atoms with Crippen LogP contribution in [0.2, 0.25) is 0 Å². The van der Waals surface area contributed by atoms with Crippen LogP contribution in [0, 0.1) is 11.8 Å². The molecule has 30 heavy (non-hydrogen) atoms. The largest absolute Gasteiger partial charge is 0.356 e. The van der Waals surface area contributed by atoms with E-state index in [1.807, 2.05) is 7.05 Å². The van der Waals surface area contributed by atoms with Crippen molar-refractivity contribution in [3.05, 3.63) is 35.9 Å². The first-order valence-electron chi connectivity index (χ1n) is 12.1. The summed E-state index contributed by atoms with van der Waals surface area (Å²) in [5.41, 5.74) is 1.50. The van der Waals surface area contributed by atoms with Crippen molar-refractivity contribution in [1.82, 2.24) is 20.0 Å². The number of hydrogen-bond donors (Lipinski definition) is 1. The van der Waals surface area contributed by atoms with Gasteiger partial charge in [0.05, 0.1) is 0 Å². The van der Waals surface area contributed by atoms with E-state index in [9.17, 15) is 0 Å². The first-order chi connectivity index (χ1) is 14.6. The third-order valence-corrected chi connectivity index (χ3v) is 7.09. The minimum absolute atomic E-state index is 0.624. The lowest BCUT2D eigenvalue weighted by atomic mass is 9.79. The maximum absolute atomic E-state index is 4.63. The molecule has 0 saturated carbocycles. The first kappa shape index (κ1) is 23.1. The Morgan fingerprint density at radius 3 is 2.40 bits per heavy atom. The van der Waals surface area contributed by atoms with E-state index in [4.69, 9.17) is 0 Å². The van der Waals surface area contributed by atoms with Crippen LogP contribution in [0.3, 0.4) is 0 Å². The molecule has 0 bridgehead atoms. The topological polar surface area (TPSA) is 34.1 Å². The fraction of sp³-hybridized carbons (Fsp3) is 0.720. The van der Waals surface area contributed by atoms with Gasteiger partial charge in [-0.25, -0.2) is 0 Å². The van der Waals surface area contributed by atoms with Gasteiger partial charge in [0.2, 0.25) is 0 Å². The Hall–Kier alpha value is -1.59. The molecule has 5 nitrogen and oxygen atoms in total. The van der Waals surface area contributed by atoms with Gasteiger partial charge in [-0.3, -0.25) is 4.99 Å². The van der Waals surface area contributed by atoms with Crippen molar-refractivity contribution < 1.29 is 0 Å². The number of piperazine rings is 1. The summed E-state index contributed by atoms with van der Waals surface area (Å²) >= 11 is 0. The van der Waals surface area contributed by atoms with Crippen molar-refractivity contribution >= 4 is 5.96 Å². The van der Waals surface area contributed by atoms with Crippen molar-refractivity contribution in [3.63, 3.8) is 0 Å². The van der Waals surface area contributed by atoms with Crippen LogP contribution in [-0.4, -0.2) is 86.6 Å². The molecular weight excluding hydrogens is 370 g/mol. The number of nitrogens with one attached hydrogen (secondary N) is 1. The van der Waals surface area contributed by atoms with Gasteiger partial charge in [-0.1, -0.05) is 57.5 Å². The number of rotatable bonds is 7. The molecule has 2 heterocycles. The highest BCUT2D eigenvalue weighted by molar-refractivity contribution is 5.80. The molecule has 5 heteroatoms. The number of likely N-dealkylation sites (N-methyl/N-ethyl adjacent to an activating group) is 1. The predicted octanol–water partition coefficient (Wildman–Crippen LogP) is 3.35. The number of benzene rings is 1. The van der Waals surface area contributed by atoms with Crippen LogP contribution in [0.1, 0.15) is 45.1 Å². The summed E-state index contributed by atoms with van der Waals surface area (Å²) < 4.78 is 0. The molecule has 1 aromatic carbocycles. The normalized spacial score (nSPS) is 25.3. The first-order valence-corrected chi connectivity index (χ1v) is 12.1. The average Bonchev–Trinajstić information content (AvgIpc) is 2.80. The third-order valence-electron chi connectivity index (χ3n) is 7.09. The van der Waals surface area contributed by atoms with E-state index in [-0.39, 0.29) is 0 Å². The lowest BCUT2D eigenvalue weighted by Crippen LogP contribution is -2.51. The zero-order chi connectivity index (χ0) is 21.3. The highest BCUT2D eigenvalue weighted by Crippen LogP contribution is 2.34. The second-order valence-corrected chi connectivity index (χ2v) is 9.19. The minimum atomic E-state index is 0.624. The van der Waals surface area contributed by atoms with E-state index in [1.165, 1.54) is 57.7 Å². The predicted molar refractivity (Wildman–Crippen MR) is 128 cm³/mol. The number of hydrogen-bond acceptors (Lipinski definition) is 3. The van der Waals surface area contributed by atoms with E-state index in [2.05, 4.69) is 76.1 Å². The maximum atomic E-state index is 4.63. The van der Waals surface area contributed by atoms with Gasteiger partial charge in [0.15, 0.2) is 5.96 Å². The Labute approximate surface area is 184 Å². The van der Waals surface area contributed by atoms with Crippen molar-refractivity contribution in [2.75, 3.05) is 66.0 Å². The van der Waals surface area contributed by atoms with E-state index in [1.54, 1.807) is 0 Å². The van der Waals surface area contributed by atoms with Gasteiger partial charge in [0.25, 0.3) is 0 Å². The zero-order valence-electron chi connectivity index (χ0n) is 19.7. The van der Waals surface area contributed by atoms with Crippen LogP contribution < -0.4 is 5.32 Å². The lowest BCUT2D eigenvalue weighted by molar-refractivity contribution is 0.124. The summed E-state index contributed by atoms with van der Waals surface area (Å²) in [6, 6.07) is 11.1. The van der Waals surface area contributed by atoms with Crippen molar-refractivity contribution in [2.45, 2.75) is 39.5 Å². The van der Waals surface area contributed by atoms with Crippen LogP contribution in [0.15, 0.2) is 35.3 Å². The quantitative estimate of drug-likeness (QED) is 0.549. The summed E-state index contributed by atoms with van der Waals surface area (Å²) in [7, 11) is 1.93. The lowest BCUT2D eigenvalue weighted by Gasteiger charge is -2.40. The Morgan fingerprint density at radius 1 is 1.07 bits per heavy atom. The maximum Gasteiger partial charge on any atom is 0.193 e. The molecule has 2 fully saturated rings. The number of piperidine rings is 1. The van der Waals surface area contributed by atoms with Crippen LogP contribution in [0.25, 0.3) is 0 Å². The number of nitrogens with zero attached hydrogens (tertiary/aromatic N) is 4. The Bertz CT molecular complexity index is 638. The fourth-order valence-corrected chi connectivity index (χ4v) is 5.17. The van der Waals surface area contributed by atoms with E-state index < -0.39 is 0 Å². The molecule has 2 saturated heterocycles. The van der Waals surface area contributed by atoms with Crippen LogP contribution in [0.4, 0.5) is 0 Å². The summed E-state index contributed by atoms with van der Waals surface area (Å²) in [4.78, 5) is 12.3. The Morgan fingerprint density at radius 2 is 1.77 bits per heavy atom. The number of likely N-dealkylation sites (tertiary alicyclic amines) is 1. The second kappa shape index (κ2) is 11.7. The summed E-state index contributed by atoms with van der Waals surface area (Å²) in [6.45, 7) is 17.3. The minimum Gasteiger partial charge on any atom is -0.356 e. The van der Waals surface area contributed by atoms with Gasteiger partial charge < -0.3 is 20.0 Å². The summed E-state index contributed by atoms with van der Waals surface area (Å²) in [5, 5.41) is 3.69. The van der Waals surface area contributed by atoms with E-state index in [0.717, 1.165) is 25.6 Å². The molecule has 3 unspecified atom stereocenters. The van der Waals surface area contributed by atoms with Crippen molar-refractivity contribution in [2.24, 2.45) is 16.8 Å². The fourth-order valence-electron chi connectivity index (χ4n) is 5.17. The molecule has 0 radical (unpaired) electrons. The SMILES string of the molecule is CCC1CN(C(=NC)NCC(C)CN2CCN(CC)CC2)CCC1c1ccccc1. The van der Waals surface area contributed by atoms with Gasteiger partial charge in [0.1, 0.15) is 0 Å². The standard InChI is InChI=1S/C25H43N5/c1-5-22-20-30(13-12-24(22)23-10-8-7-9-11-23)25(26-4)27-18-21(3)19-29-16-14-28(6-2)15-17-29/h7-11,21-22,24H,5-6,12-20H2,1-4H3,(H,26,27). The molecule has 3 rings (SSSR count). The molecule has 1 N–H and O–H groups in total. The molecule has 168 valence electrons. The monoisotopic (exact) mass is 413 g/mol. The highest BCUT2D eigenvalue weighted by Gasteiger charge is 2.30. The second-order valence-electron chi connectivity index (χ2n) is 9.19. The van der Waals surface area contributed by atoms with Gasteiger partial charge in [-0.2, -0.15) is 0 Å². The van der Waals surface area contributed by atoms with Crippen LogP contribution >= 0.6 is 0 Å². The zero-order valence-corrected chi connectivity index (χ0v) is 19.7. The van der Waals surface area contributed by atoms with Gasteiger partial charge in [-0.05, 0) is 36.3 Å². The molecule has 0 aromatic heterocycles. The summed E-state index contributed by atoms with van der Waals surface area (Å²) in [6.07, 6.45) is 2.42. The molecule has 3 atom stereocenters. The Balaban J connectivity index is 1.47. The highest BCUT2D eigenvalue weighted by atomic mass is 15.3. The van der Waals surface area contributed by atoms with E-state index in [0.29, 0.717) is 17.8 Å². The van der Waals surface area contributed by atoms with E-state index >= 15 is 0 Å². The molecular formula is C25H43N5. The van der Waals surface area contributed by atoms with Crippen LogP contribution in [-0.2, 0) is 0 Å². The number of aliphatic imine (C=N–C) groups is 1. The molecule has 2 aliphatic rings. The molecule has 1 aromatic rings. The van der Waals surface area contributed by atoms with Gasteiger partial charge >= 0.3 is 0 Å². The smallest absolute Gasteiger partial charge is 0.193 e. The van der Waals surface area contributed by atoms with Crippen molar-refractivity contribution in [3.8, 4) is 0 Å². The molecule has 0 amide bonds. The van der Waals surface area contributed by atoms with Gasteiger partial charge in [0, 0.05) is 59.4 Å². The number of guanidine groups is 1. The van der Waals surface area contributed by atoms with Crippen LogP contribution in [0.5, 0.6) is 0 Å².